The van der Waals surface area contributed by atoms with Crippen LogP contribution in [0.15, 0.2) is 59.5 Å². The van der Waals surface area contributed by atoms with E-state index in [1.807, 2.05) is 0 Å². The zero-order chi connectivity index (χ0) is 13.5. The van der Waals surface area contributed by atoms with Gasteiger partial charge in [-0.2, -0.15) is 0 Å². The average Bonchev–Trinajstić information content (AvgIpc) is 2.39. The molecule has 1 aliphatic heterocycles. The van der Waals surface area contributed by atoms with Gasteiger partial charge in [-0.1, -0.05) is 0 Å². The van der Waals surface area contributed by atoms with Gasteiger partial charge in [0.1, 0.15) is 0 Å². The van der Waals surface area contributed by atoms with Gasteiger partial charge in [-0.3, -0.25) is 0 Å². The Balaban J connectivity index is 2.22. The van der Waals surface area contributed by atoms with E-state index in [-0.39, 0.29) is 9.70 Å². The molecule has 0 N–H and O–H groups in total. The fourth-order valence-corrected chi connectivity index (χ4v) is 6.39. The molecule has 0 aliphatic carbocycles. The molecule has 4 nitrogen and oxygen atoms in total. The van der Waals surface area contributed by atoms with Crippen molar-refractivity contribution >= 4 is 39.9 Å². The number of hydrogen-bond acceptors (Lipinski definition) is 3. The van der Waals surface area contributed by atoms with E-state index in [4.69, 9.17) is 0 Å². The number of para-hydroxylation sites is 1. The molecule has 19 heavy (non-hydrogen) atoms. The summed E-state index contributed by atoms with van der Waals surface area (Å²) in [5.74, 6) is 0. The van der Waals surface area contributed by atoms with Gasteiger partial charge in [-0.15, -0.1) is 0 Å². The van der Waals surface area contributed by atoms with Gasteiger partial charge in [0, 0.05) is 0 Å². The summed E-state index contributed by atoms with van der Waals surface area (Å²) in [6, 6.07) is 15.1. The molecule has 0 atom stereocenters. The van der Waals surface area contributed by atoms with Crippen LogP contribution < -0.4 is 8.77 Å². The second-order valence-corrected chi connectivity index (χ2v) is 7.76. The molecule has 0 bridgehead atoms. The Hall–Kier alpha value is -1.62. The zero-order valence-corrected chi connectivity index (χ0v) is 12.2. The number of amides is 1. The molecule has 2 aromatic carbocycles. The van der Waals surface area contributed by atoms with Gasteiger partial charge < -0.3 is 0 Å². The van der Waals surface area contributed by atoms with Crippen molar-refractivity contribution < 1.29 is 13.2 Å². The van der Waals surface area contributed by atoms with E-state index in [9.17, 15) is 13.2 Å². The molecule has 1 amide bonds. The summed E-state index contributed by atoms with van der Waals surface area (Å²) in [6.07, 6.45) is 0. The van der Waals surface area contributed by atoms with Crippen LogP contribution >= 0.6 is 0 Å². The number of carbonyl (C=O) groups excluding carboxylic acids is 1. The third-order valence-electron chi connectivity index (χ3n) is 2.72. The first-order valence-electron chi connectivity index (χ1n) is 5.52. The number of benzene rings is 2. The van der Waals surface area contributed by atoms with Crippen LogP contribution in [-0.4, -0.2) is 28.2 Å². The second-order valence-electron chi connectivity index (χ2n) is 3.92. The van der Waals surface area contributed by atoms with Crippen molar-refractivity contribution in [1.29, 1.82) is 0 Å². The van der Waals surface area contributed by atoms with Gasteiger partial charge in [-0.05, 0) is 0 Å². The normalized spacial score (nSPS) is 17.1. The van der Waals surface area contributed by atoms with E-state index in [1.165, 1.54) is 0 Å². The first-order chi connectivity index (χ1) is 9.10. The SMILES string of the molecule is O=C1[Se]c2ccccc2S(=O)(=O)N1c1ccccc1. The van der Waals surface area contributed by atoms with E-state index >= 15 is 0 Å². The van der Waals surface area contributed by atoms with Crippen LogP contribution in [0, 0.1) is 0 Å². The summed E-state index contributed by atoms with van der Waals surface area (Å²) in [6.45, 7) is 0. The quantitative estimate of drug-likeness (QED) is 0.738. The number of nitrogens with zero attached hydrogens (tertiary/aromatic N) is 1. The van der Waals surface area contributed by atoms with E-state index in [2.05, 4.69) is 0 Å². The van der Waals surface area contributed by atoms with Crippen LogP contribution in [0.1, 0.15) is 0 Å². The number of rotatable bonds is 1. The first-order valence-corrected chi connectivity index (χ1v) is 8.67. The minimum absolute atomic E-state index is 0.235. The van der Waals surface area contributed by atoms with E-state index in [0.29, 0.717) is 10.1 Å². The number of carbonyl (C=O) groups is 1. The molecule has 6 heteroatoms. The van der Waals surface area contributed by atoms with Crippen LogP contribution in [0.5, 0.6) is 0 Å². The van der Waals surface area contributed by atoms with Gasteiger partial charge >= 0.3 is 117 Å². The number of fused-ring (bicyclic) bond motifs is 1. The topological polar surface area (TPSA) is 54.5 Å². The Morgan fingerprint density at radius 1 is 0.895 bits per heavy atom. The Bertz CT molecular complexity index is 743. The number of hydrogen-bond donors (Lipinski definition) is 0. The number of sulfonamides is 1. The monoisotopic (exact) mass is 339 g/mol. The summed E-state index contributed by atoms with van der Waals surface area (Å²) in [7, 11) is -3.79. The molecular weight excluding hydrogens is 329 g/mol. The summed E-state index contributed by atoms with van der Waals surface area (Å²) in [5, 5.41) is 0. The average molecular weight is 338 g/mol. The van der Waals surface area contributed by atoms with Crippen LogP contribution in [0.2, 0.25) is 0 Å². The molecule has 2 aromatic rings. The van der Waals surface area contributed by atoms with Crippen molar-refractivity contribution in [2.75, 3.05) is 4.31 Å². The van der Waals surface area contributed by atoms with Crippen LogP contribution in [0.4, 0.5) is 10.5 Å². The Morgan fingerprint density at radius 2 is 1.53 bits per heavy atom. The fraction of sp³-hybridized carbons (Fsp3) is 0. The summed E-state index contributed by atoms with van der Waals surface area (Å²) in [4.78, 5) is 12.0. The molecule has 0 spiro atoms. The molecule has 0 saturated carbocycles. The molecule has 0 unspecified atom stereocenters. The number of anilines is 1. The molecule has 3 rings (SSSR count). The summed E-state index contributed by atoms with van der Waals surface area (Å²) < 4.78 is 26.6. The van der Waals surface area contributed by atoms with Crippen molar-refractivity contribution in [1.82, 2.24) is 0 Å². The fourth-order valence-electron chi connectivity index (χ4n) is 1.89. The molecule has 1 heterocycles. The van der Waals surface area contributed by atoms with Gasteiger partial charge in [0.25, 0.3) is 0 Å². The van der Waals surface area contributed by atoms with Crippen LogP contribution in [-0.2, 0) is 10.0 Å². The van der Waals surface area contributed by atoms with E-state index in [0.717, 1.165) is 4.31 Å². The molecule has 0 radical (unpaired) electrons. The summed E-state index contributed by atoms with van der Waals surface area (Å²) >= 11 is -0.516. The van der Waals surface area contributed by atoms with Crippen molar-refractivity contribution in [2.24, 2.45) is 0 Å². The van der Waals surface area contributed by atoms with Crippen molar-refractivity contribution in [3.8, 4) is 0 Å². The zero-order valence-electron chi connectivity index (χ0n) is 9.68. The molecule has 0 saturated heterocycles. The molecule has 1 aliphatic rings. The van der Waals surface area contributed by atoms with Crippen molar-refractivity contribution in [3.05, 3.63) is 54.6 Å². The Morgan fingerprint density at radius 3 is 2.26 bits per heavy atom. The maximum absolute atomic E-state index is 12.5. The van der Waals surface area contributed by atoms with Crippen LogP contribution in [0.25, 0.3) is 0 Å². The standard InChI is InChI=1S/C13H9NO3SSe/c15-13-14(10-6-2-1-3-7-10)18(16,17)11-8-4-5-9-12(11)19-13/h1-9H. The molecule has 96 valence electrons. The Labute approximate surface area is 117 Å². The van der Waals surface area contributed by atoms with Gasteiger partial charge in [0.2, 0.25) is 0 Å². The molecule has 0 aromatic heterocycles. The predicted molar refractivity (Wildman–Crippen MR) is 73.3 cm³/mol. The third kappa shape index (κ3) is 1.98. The van der Waals surface area contributed by atoms with Gasteiger partial charge in [0.05, 0.1) is 0 Å². The van der Waals surface area contributed by atoms with Gasteiger partial charge in [-0.25, -0.2) is 0 Å². The molecular formula is C13H9NO3SSe. The third-order valence-corrected chi connectivity index (χ3v) is 7.00. The van der Waals surface area contributed by atoms with Crippen LogP contribution in [0.3, 0.4) is 0 Å². The predicted octanol–water partition coefficient (Wildman–Crippen LogP) is 1.35. The van der Waals surface area contributed by atoms with E-state index < -0.39 is 25.0 Å². The minimum atomic E-state index is -3.79. The van der Waals surface area contributed by atoms with Crippen molar-refractivity contribution in [2.45, 2.75) is 4.90 Å². The van der Waals surface area contributed by atoms with Gasteiger partial charge in [0.15, 0.2) is 0 Å². The maximum atomic E-state index is 12.5. The Kier molecular flexibility index (Phi) is 2.93. The van der Waals surface area contributed by atoms with Crippen molar-refractivity contribution in [3.63, 3.8) is 0 Å². The molecule has 0 fully saturated rings. The first kappa shape index (κ1) is 12.4. The van der Waals surface area contributed by atoms with E-state index in [1.54, 1.807) is 54.6 Å². The second kappa shape index (κ2) is 4.49. The summed E-state index contributed by atoms with van der Waals surface area (Å²) in [5.41, 5.74) is 0.392.